The molecule has 0 saturated carbocycles. The van der Waals surface area contributed by atoms with E-state index in [0.717, 1.165) is 30.2 Å². The van der Waals surface area contributed by atoms with Gasteiger partial charge in [0, 0.05) is 29.1 Å². The minimum Gasteiger partial charge on any atom is -0.399 e. The summed E-state index contributed by atoms with van der Waals surface area (Å²) < 4.78 is 0. The zero-order valence-electron chi connectivity index (χ0n) is 11.8. The third-order valence-electron chi connectivity index (χ3n) is 3.98. The van der Waals surface area contributed by atoms with Gasteiger partial charge in [0.15, 0.2) is 5.82 Å². The van der Waals surface area contributed by atoms with E-state index in [1.807, 2.05) is 30.5 Å². The van der Waals surface area contributed by atoms with Gasteiger partial charge in [-0.25, -0.2) is 9.97 Å². The van der Waals surface area contributed by atoms with Crippen molar-refractivity contribution in [1.82, 2.24) is 14.9 Å². The van der Waals surface area contributed by atoms with E-state index >= 15 is 0 Å². The van der Waals surface area contributed by atoms with Crippen LogP contribution in [-0.4, -0.2) is 35.0 Å². The predicted molar refractivity (Wildman–Crippen MR) is 81.4 cm³/mol. The van der Waals surface area contributed by atoms with Crippen molar-refractivity contribution >= 4 is 5.69 Å². The van der Waals surface area contributed by atoms with E-state index in [1.165, 1.54) is 18.5 Å². The highest BCUT2D eigenvalue weighted by molar-refractivity contribution is 5.58. The van der Waals surface area contributed by atoms with Gasteiger partial charge in [0.25, 0.3) is 0 Å². The Kier molecular flexibility index (Phi) is 3.65. The molecule has 0 aliphatic carbocycles. The van der Waals surface area contributed by atoms with Gasteiger partial charge in [-0.05, 0) is 63.3 Å². The third kappa shape index (κ3) is 2.80. The van der Waals surface area contributed by atoms with E-state index in [2.05, 4.69) is 23.0 Å². The second kappa shape index (κ2) is 5.59. The van der Waals surface area contributed by atoms with Gasteiger partial charge in [0.05, 0.1) is 0 Å². The van der Waals surface area contributed by atoms with Crippen molar-refractivity contribution in [2.24, 2.45) is 0 Å². The molecule has 0 unspecified atom stereocenters. The van der Waals surface area contributed by atoms with Gasteiger partial charge < -0.3 is 10.6 Å². The van der Waals surface area contributed by atoms with Crippen LogP contribution >= 0.6 is 0 Å². The minimum absolute atomic E-state index is 0.557. The van der Waals surface area contributed by atoms with Gasteiger partial charge in [-0.1, -0.05) is 0 Å². The van der Waals surface area contributed by atoms with Crippen LogP contribution in [0.15, 0.2) is 36.5 Å². The first-order valence-corrected chi connectivity index (χ1v) is 7.10. The average molecular weight is 268 g/mol. The average Bonchev–Trinajstić information content (AvgIpc) is 2.49. The SMILES string of the molecule is CN1CCC(c2ccnc(-c3ccc(N)cc3)n2)CC1. The minimum atomic E-state index is 0.557. The van der Waals surface area contributed by atoms with E-state index in [1.54, 1.807) is 0 Å². The summed E-state index contributed by atoms with van der Waals surface area (Å²) >= 11 is 0. The Hall–Kier alpha value is -1.94. The molecule has 2 heterocycles. The fraction of sp³-hybridized carbons (Fsp3) is 0.375. The van der Waals surface area contributed by atoms with Gasteiger partial charge in [0.1, 0.15) is 0 Å². The zero-order chi connectivity index (χ0) is 13.9. The Balaban J connectivity index is 1.84. The number of anilines is 1. The molecule has 1 aliphatic heterocycles. The number of nitrogens with two attached hydrogens (primary N) is 1. The van der Waals surface area contributed by atoms with Gasteiger partial charge >= 0.3 is 0 Å². The Morgan fingerprint density at radius 1 is 1.10 bits per heavy atom. The van der Waals surface area contributed by atoms with Gasteiger partial charge in [-0.3, -0.25) is 0 Å². The van der Waals surface area contributed by atoms with E-state index in [4.69, 9.17) is 10.7 Å². The fourth-order valence-corrected chi connectivity index (χ4v) is 2.68. The highest BCUT2D eigenvalue weighted by Crippen LogP contribution is 2.27. The fourth-order valence-electron chi connectivity index (χ4n) is 2.68. The number of aromatic nitrogens is 2. The van der Waals surface area contributed by atoms with E-state index in [0.29, 0.717) is 5.92 Å². The normalized spacial score (nSPS) is 17.2. The van der Waals surface area contributed by atoms with Crippen molar-refractivity contribution < 1.29 is 0 Å². The summed E-state index contributed by atoms with van der Waals surface area (Å²) in [7, 11) is 2.18. The van der Waals surface area contributed by atoms with Gasteiger partial charge in [0.2, 0.25) is 0 Å². The molecular formula is C16H20N4. The molecule has 2 N–H and O–H groups in total. The summed E-state index contributed by atoms with van der Waals surface area (Å²) in [6.45, 7) is 2.29. The van der Waals surface area contributed by atoms with Crippen LogP contribution in [-0.2, 0) is 0 Å². The summed E-state index contributed by atoms with van der Waals surface area (Å²) in [5.41, 5.74) is 8.67. The summed E-state index contributed by atoms with van der Waals surface area (Å²) in [5.74, 6) is 1.35. The van der Waals surface area contributed by atoms with Gasteiger partial charge in [-0.15, -0.1) is 0 Å². The maximum absolute atomic E-state index is 5.72. The van der Waals surface area contributed by atoms with Crippen LogP contribution < -0.4 is 5.73 Å². The lowest BCUT2D eigenvalue weighted by Gasteiger charge is -2.28. The lowest BCUT2D eigenvalue weighted by Crippen LogP contribution is -2.29. The van der Waals surface area contributed by atoms with Crippen LogP contribution in [0.2, 0.25) is 0 Å². The van der Waals surface area contributed by atoms with Crippen LogP contribution in [0.1, 0.15) is 24.5 Å². The summed E-state index contributed by atoms with van der Waals surface area (Å²) in [5, 5.41) is 0. The van der Waals surface area contributed by atoms with Crippen molar-refractivity contribution in [3.63, 3.8) is 0 Å². The molecule has 1 saturated heterocycles. The highest BCUT2D eigenvalue weighted by atomic mass is 15.1. The first kappa shape index (κ1) is 13.1. The van der Waals surface area contributed by atoms with E-state index < -0.39 is 0 Å². The molecule has 4 nitrogen and oxygen atoms in total. The molecule has 1 aliphatic rings. The molecule has 3 rings (SSSR count). The number of likely N-dealkylation sites (tertiary alicyclic amines) is 1. The van der Waals surface area contributed by atoms with E-state index in [9.17, 15) is 0 Å². The topological polar surface area (TPSA) is 55.0 Å². The van der Waals surface area contributed by atoms with Crippen LogP contribution in [0.4, 0.5) is 5.69 Å². The molecule has 0 spiro atoms. The van der Waals surface area contributed by atoms with Crippen LogP contribution in [0.3, 0.4) is 0 Å². The molecular weight excluding hydrogens is 248 g/mol. The van der Waals surface area contributed by atoms with Crippen molar-refractivity contribution in [2.75, 3.05) is 25.9 Å². The second-order valence-corrected chi connectivity index (χ2v) is 5.50. The second-order valence-electron chi connectivity index (χ2n) is 5.50. The summed E-state index contributed by atoms with van der Waals surface area (Å²) in [6, 6.07) is 9.78. The van der Waals surface area contributed by atoms with Crippen LogP contribution in [0, 0.1) is 0 Å². The monoisotopic (exact) mass is 268 g/mol. The molecule has 1 aromatic carbocycles. The van der Waals surface area contributed by atoms with Crippen molar-refractivity contribution in [3.05, 3.63) is 42.2 Å². The van der Waals surface area contributed by atoms with Crippen LogP contribution in [0.25, 0.3) is 11.4 Å². The lowest BCUT2D eigenvalue weighted by molar-refractivity contribution is 0.253. The van der Waals surface area contributed by atoms with Crippen LogP contribution in [0.5, 0.6) is 0 Å². The summed E-state index contributed by atoms with van der Waals surface area (Å²) in [4.78, 5) is 11.5. The number of rotatable bonds is 2. The molecule has 104 valence electrons. The molecule has 0 radical (unpaired) electrons. The quantitative estimate of drug-likeness (QED) is 0.850. The largest absolute Gasteiger partial charge is 0.399 e. The number of nitrogens with zero attached hydrogens (tertiary/aromatic N) is 3. The Morgan fingerprint density at radius 2 is 1.80 bits per heavy atom. The Morgan fingerprint density at radius 3 is 2.50 bits per heavy atom. The van der Waals surface area contributed by atoms with Crippen molar-refractivity contribution in [3.8, 4) is 11.4 Å². The molecule has 0 amide bonds. The molecule has 1 fully saturated rings. The lowest BCUT2D eigenvalue weighted by atomic mass is 9.93. The number of benzene rings is 1. The zero-order valence-corrected chi connectivity index (χ0v) is 11.8. The Labute approximate surface area is 119 Å². The van der Waals surface area contributed by atoms with E-state index in [-0.39, 0.29) is 0 Å². The number of hydrogen-bond donors (Lipinski definition) is 1. The molecule has 0 bridgehead atoms. The highest BCUT2D eigenvalue weighted by Gasteiger charge is 2.19. The molecule has 0 atom stereocenters. The van der Waals surface area contributed by atoms with Crippen molar-refractivity contribution in [2.45, 2.75) is 18.8 Å². The molecule has 2 aromatic rings. The number of piperidine rings is 1. The summed E-state index contributed by atoms with van der Waals surface area (Å²) in [6.07, 6.45) is 4.22. The number of nitrogen functional groups attached to an aromatic ring is 1. The molecule has 1 aromatic heterocycles. The maximum Gasteiger partial charge on any atom is 0.159 e. The van der Waals surface area contributed by atoms with Crippen molar-refractivity contribution in [1.29, 1.82) is 0 Å². The first-order valence-electron chi connectivity index (χ1n) is 7.10. The number of hydrogen-bond acceptors (Lipinski definition) is 4. The molecule has 4 heteroatoms. The Bertz CT molecular complexity index is 571. The predicted octanol–water partition coefficient (Wildman–Crippen LogP) is 2.54. The maximum atomic E-state index is 5.72. The first-order chi connectivity index (χ1) is 9.72. The standard InChI is InChI=1S/C16H20N4/c1-20-10-7-12(8-11-20)15-6-9-18-16(19-15)13-2-4-14(17)5-3-13/h2-6,9,12H,7-8,10-11,17H2,1H3. The third-order valence-corrected chi connectivity index (χ3v) is 3.98. The molecule has 20 heavy (non-hydrogen) atoms. The van der Waals surface area contributed by atoms with Gasteiger partial charge in [-0.2, -0.15) is 0 Å². The smallest absolute Gasteiger partial charge is 0.159 e.